The van der Waals surface area contributed by atoms with Gasteiger partial charge in [0.2, 0.25) is 0 Å². The van der Waals surface area contributed by atoms with E-state index in [4.69, 9.17) is 9.57 Å². The van der Waals surface area contributed by atoms with Gasteiger partial charge in [0.25, 0.3) is 0 Å². The second kappa shape index (κ2) is 12.1. The van der Waals surface area contributed by atoms with Crippen LogP contribution in [0.3, 0.4) is 0 Å². The summed E-state index contributed by atoms with van der Waals surface area (Å²) in [6.07, 6.45) is 3.24. The summed E-state index contributed by atoms with van der Waals surface area (Å²) in [5.74, 6) is -0.219. The van der Waals surface area contributed by atoms with Crippen molar-refractivity contribution in [2.45, 2.75) is 32.6 Å². The lowest BCUT2D eigenvalue weighted by Crippen LogP contribution is -2.23. The van der Waals surface area contributed by atoms with Crippen LogP contribution in [-0.4, -0.2) is 39.0 Å². The van der Waals surface area contributed by atoms with Crippen molar-refractivity contribution in [3.05, 3.63) is 0 Å². The minimum atomic E-state index is -0.219. The number of nitrogens with zero attached hydrogens (tertiary/aromatic N) is 1. The maximum atomic E-state index is 11.1. The molecule has 0 aliphatic heterocycles. The van der Waals surface area contributed by atoms with Crippen LogP contribution in [0.25, 0.3) is 0 Å². The first-order chi connectivity index (χ1) is 7.81. The van der Waals surface area contributed by atoms with Gasteiger partial charge in [-0.2, -0.15) is 5.48 Å². The minimum Gasteiger partial charge on any atom is -0.380 e. The molecule has 0 saturated carbocycles. The molecule has 0 spiro atoms. The van der Waals surface area contributed by atoms with Crippen LogP contribution in [-0.2, 0) is 14.4 Å². The van der Waals surface area contributed by atoms with Gasteiger partial charge in [-0.15, -0.1) is 0 Å². The van der Waals surface area contributed by atoms with Gasteiger partial charge in [0.1, 0.15) is 0 Å². The van der Waals surface area contributed by atoms with Crippen LogP contribution in [0.15, 0.2) is 4.99 Å². The molecule has 0 heterocycles. The zero-order valence-electron chi connectivity index (χ0n) is 10.0. The van der Waals surface area contributed by atoms with Crippen molar-refractivity contribution in [3.63, 3.8) is 0 Å². The zero-order valence-corrected chi connectivity index (χ0v) is 10.0. The zero-order chi connectivity index (χ0) is 12.1. The van der Waals surface area contributed by atoms with E-state index >= 15 is 0 Å². The molecular formula is C11H22N2O3. The smallest absolute Gasteiger partial charge is 0.324 e. The fourth-order valence-corrected chi connectivity index (χ4v) is 1.11. The lowest BCUT2D eigenvalue weighted by atomic mass is 10.2. The van der Waals surface area contributed by atoms with Gasteiger partial charge < -0.3 is 14.6 Å². The Kier molecular flexibility index (Phi) is 11.4. The third kappa shape index (κ3) is 11.1. The third-order valence-corrected chi connectivity index (χ3v) is 1.94. The molecule has 0 bridgehead atoms. The van der Waals surface area contributed by atoms with E-state index < -0.39 is 0 Å². The maximum Gasteiger partial charge on any atom is 0.324 e. The van der Waals surface area contributed by atoms with Crippen LogP contribution < -0.4 is 5.48 Å². The topological polar surface area (TPSA) is 59.9 Å². The molecule has 94 valence electrons. The quantitative estimate of drug-likeness (QED) is 0.330. The number of unbranched alkanes of at least 4 members (excludes halogenated alkanes) is 2. The van der Waals surface area contributed by atoms with Crippen LogP contribution in [0.5, 0.6) is 0 Å². The van der Waals surface area contributed by atoms with Crippen molar-refractivity contribution < 1.29 is 14.4 Å². The summed E-state index contributed by atoms with van der Waals surface area (Å²) in [7, 11) is 0. The third-order valence-electron chi connectivity index (χ3n) is 1.94. The average Bonchev–Trinajstić information content (AvgIpc) is 2.28. The monoisotopic (exact) mass is 230 g/mol. The van der Waals surface area contributed by atoms with E-state index in [1.807, 2.05) is 6.92 Å². The van der Waals surface area contributed by atoms with Crippen LogP contribution in [0, 0.1) is 0 Å². The molecular weight excluding hydrogens is 208 g/mol. The number of carbonyl (C=O) groups is 1. The normalized spacial score (nSPS) is 10.1. The Morgan fingerprint density at radius 2 is 2.19 bits per heavy atom. The molecule has 0 radical (unpaired) electrons. The summed E-state index contributed by atoms with van der Waals surface area (Å²) in [4.78, 5) is 19.7. The van der Waals surface area contributed by atoms with E-state index in [1.165, 1.54) is 0 Å². The molecule has 5 heteroatoms. The molecule has 0 rings (SSSR count). The van der Waals surface area contributed by atoms with Crippen LogP contribution in [0.2, 0.25) is 0 Å². The number of rotatable bonds is 11. The van der Waals surface area contributed by atoms with Crippen molar-refractivity contribution in [1.82, 2.24) is 5.48 Å². The lowest BCUT2D eigenvalue weighted by molar-refractivity contribution is -0.151. The van der Waals surface area contributed by atoms with E-state index in [9.17, 15) is 4.79 Å². The summed E-state index contributed by atoms with van der Waals surface area (Å²) in [6.45, 7) is 7.83. The largest absolute Gasteiger partial charge is 0.380 e. The number of hydrogen-bond donors (Lipinski definition) is 1. The van der Waals surface area contributed by atoms with Gasteiger partial charge in [0.05, 0.1) is 13.2 Å². The first-order valence-corrected chi connectivity index (χ1v) is 5.74. The highest BCUT2D eigenvalue weighted by Gasteiger charge is 2.01. The van der Waals surface area contributed by atoms with Crippen molar-refractivity contribution >= 4 is 12.7 Å². The lowest BCUT2D eigenvalue weighted by Gasteiger charge is -2.05. The Labute approximate surface area is 97.2 Å². The van der Waals surface area contributed by atoms with E-state index in [1.54, 1.807) is 0 Å². The summed E-state index contributed by atoms with van der Waals surface area (Å²) in [5, 5.41) is 0. The fourth-order valence-electron chi connectivity index (χ4n) is 1.11. The molecule has 0 unspecified atom stereocenters. The fraction of sp³-hybridized carbons (Fsp3) is 0.818. The van der Waals surface area contributed by atoms with Gasteiger partial charge >= 0.3 is 5.97 Å². The van der Waals surface area contributed by atoms with Crippen LogP contribution >= 0.6 is 0 Å². The number of ether oxygens (including phenoxy) is 1. The first kappa shape index (κ1) is 15.1. The maximum absolute atomic E-state index is 11.1. The number of nitrogens with one attached hydrogen (secondary N) is 1. The highest BCUT2D eigenvalue weighted by atomic mass is 16.7. The van der Waals surface area contributed by atoms with Gasteiger partial charge in [-0.1, -0.05) is 6.42 Å². The highest BCUT2D eigenvalue weighted by Crippen LogP contribution is 2.00. The van der Waals surface area contributed by atoms with Crippen molar-refractivity contribution in [2.24, 2.45) is 4.99 Å². The number of hydroxylamine groups is 1. The van der Waals surface area contributed by atoms with Gasteiger partial charge in [0, 0.05) is 19.6 Å². The molecule has 0 amide bonds. The molecule has 0 aliphatic rings. The SMILES string of the molecule is C=NCCCCCC(=O)ONCCOCC. The van der Waals surface area contributed by atoms with E-state index in [2.05, 4.69) is 17.2 Å². The molecule has 1 N–H and O–H groups in total. The molecule has 0 aromatic carbocycles. The Hall–Kier alpha value is -0.940. The van der Waals surface area contributed by atoms with Crippen LogP contribution in [0.1, 0.15) is 32.6 Å². The van der Waals surface area contributed by atoms with Crippen molar-refractivity contribution in [1.29, 1.82) is 0 Å². The molecule has 0 aromatic heterocycles. The Morgan fingerprint density at radius 3 is 2.88 bits per heavy atom. The van der Waals surface area contributed by atoms with Crippen molar-refractivity contribution in [2.75, 3.05) is 26.3 Å². The minimum absolute atomic E-state index is 0.219. The van der Waals surface area contributed by atoms with E-state index in [0.717, 1.165) is 25.8 Å². The Bertz CT molecular complexity index is 186. The van der Waals surface area contributed by atoms with Crippen LogP contribution in [0.4, 0.5) is 0 Å². The molecule has 0 fully saturated rings. The molecule has 16 heavy (non-hydrogen) atoms. The van der Waals surface area contributed by atoms with Crippen molar-refractivity contribution in [3.8, 4) is 0 Å². The molecule has 5 nitrogen and oxygen atoms in total. The van der Waals surface area contributed by atoms with Gasteiger partial charge in [-0.3, -0.25) is 4.79 Å². The second-order valence-electron chi connectivity index (χ2n) is 3.32. The number of aliphatic imine (C=N–C) groups is 1. The van der Waals surface area contributed by atoms with E-state index in [0.29, 0.717) is 26.2 Å². The summed E-state index contributed by atoms with van der Waals surface area (Å²) >= 11 is 0. The second-order valence-corrected chi connectivity index (χ2v) is 3.32. The molecule has 0 aromatic rings. The number of hydrogen-bond acceptors (Lipinski definition) is 5. The number of carbonyl (C=O) groups excluding carboxylic acids is 1. The molecule has 0 saturated heterocycles. The highest BCUT2D eigenvalue weighted by molar-refractivity contribution is 5.68. The first-order valence-electron chi connectivity index (χ1n) is 5.74. The van der Waals surface area contributed by atoms with Gasteiger partial charge in [-0.25, -0.2) is 0 Å². The predicted molar refractivity (Wildman–Crippen MR) is 63.5 cm³/mol. The summed E-state index contributed by atoms with van der Waals surface area (Å²) < 4.78 is 5.07. The van der Waals surface area contributed by atoms with Gasteiger partial charge in [-0.05, 0) is 26.5 Å². The predicted octanol–water partition coefficient (Wildman–Crippen LogP) is 1.33. The Morgan fingerprint density at radius 1 is 1.38 bits per heavy atom. The molecule has 0 atom stereocenters. The average molecular weight is 230 g/mol. The van der Waals surface area contributed by atoms with E-state index in [-0.39, 0.29) is 5.97 Å². The standard InChI is InChI=1S/C11H22N2O3/c1-3-15-10-9-13-16-11(14)7-5-4-6-8-12-2/h13H,2-10H2,1H3. The molecule has 0 aliphatic carbocycles. The Balaban J connectivity index is 3.15. The summed E-state index contributed by atoms with van der Waals surface area (Å²) in [6, 6.07) is 0. The van der Waals surface area contributed by atoms with Gasteiger partial charge in [0.15, 0.2) is 0 Å². The summed E-state index contributed by atoms with van der Waals surface area (Å²) in [5.41, 5.74) is 2.57.